The maximum atomic E-state index is 10.9. The number of nitrogen functional groups attached to an aromatic ring is 1. The molecular weight excluding hydrogens is 158 g/mol. The molecule has 0 radical (unpaired) electrons. The Morgan fingerprint density at radius 1 is 1.42 bits per heavy atom. The van der Waals surface area contributed by atoms with Crippen LogP contribution in [-0.4, -0.2) is 11.1 Å². The quantitative estimate of drug-likeness (QED) is 0.628. The molecule has 1 aromatic rings. The van der Waals surface area contributed by atoms with Gasteiger partial charge >= 0.3 is 5.97 Å². The molecule has 0 saturated heterocycles. The predicted molar refractivity (Wildman–Crippen MR) is 44.1 cm³/mol. The van der Waals surface area contributed by atoms with Gasteiger partial charge in [0.1, 0.15) is 0 Å². The second-order valence-corrected chi connectivity index (χ2v) is 2.25. The zero-order valence-electron chi connectivity index (χ0n) is 6.15. The van der Waals surface area contributed by atoms with Crippen molar-refractivity contribution in [3.63, 3.8) is 0 Å². The van der Waals surface area contributed by atoms with Gasteiger partial charge in [0.05, 0.1) is 11.3 Å². The zero-order valence-corrected chi connectivity index (χ0v) is 6.15. The van der Waals surface area contributed by atoms with E-state index in [2.05, 4.69) is 0 Å². The highest BCUT2D eigenvalue weighted by Crippen LogP contribution is 1.99. The van der Waals surface area contributed by atoms with E-state index in [1.54, 1.807) is 0 Å². The highest BCUT2D eigenvalue weighted by atomic mass is 16.4. The summed E-state index contributed by atoms with van der Waals surface area (Å²) in [6.07, 6.45) is 0. The molecule has 0 unspecified atom stereocenters. The van der Waals surface area contributed by atoms with Crippen molar-refractivity contribution in [3.05, 3.63) is 40.1 Å². The van der Waals surface area contributed by atoms with Crippen LogP contribution in [0.5, 0.6) is 0 Å². The maximum Gasteiger partial charge on any atom is 0.335 e. The van der Waals surface area contributed by atoms with Gasteiger partial charge in [-0.15, -0.1) is 0 Å². The number of anilines is 1. The molecular formula is C8H7NO3. The number of carbonyl (C=O) groups is 1. The smallest absolute Gasteiger partial charge is 0.335 e. The Labute approximate surface area is 68.3 Å². The number of carboxylic acids is 1. The van der Waals surface area contributed by atoms with Gasteiger partial charge in [-0.1, -0.05) is 6.07 Å². The number of carboxylic acid groups (broad SMARTS) is 1. The van der Waals surface area contributed by atoms with Gasteiger partial charge in [-0.25, -0.2) is 4.79 Å². The van der Waals surface area contributed by atoms with Gasteiger partial charge < -0.3 is 10.8 Å². The third kappa shape index (κ3) is 1.60. The second kappa shape index (κ2) is 3.04. The van der Waals surface area contributed by atoms with Crippen molar-refractivity contribution in [2.24, 2.45) is 0 Å². The van der Waals surface area contributed by atoms with Crippen LogP contribution in [0.1, 0.15) is 10.4 Å². The van der Waals surface area contributed by atoms with Crippen LogP contribution in [-0.2, 0) is 0 Å². The van der Waals surface area contributed by atoms with Crippen LogP contribution in [0.3, 0.4) is 0 Å². The van der Waals surface area contributed by atoms with Gasteiger partial charge in [0.15, 0.2) is 0 Å². The summed E-state index contributed by atoms with van der Waals surface area (Å²) in [5, 5.41) is 8.55. The third-order valence-corrected chi connectivity index (χ3v) is 1.37. The number of hydrogen-bond donors (Lipinski definition) is 2. The second-order valence-electron chi connectivity index (χ2n) is 2.25. The Morgan fingerprint density at radius 2 is 2.08 bits per heavy atom. The predicted octanol–water partition coefficient (Wildman–Crippen LogP) is 0.327. The van der Waals surface area contributed by atoms with Crippen LogP contribution in [0.2, 0.25) is 0 Å². The van der Waals surface area contributed by atoms with E-state index in [-0.39, 0.29) is 16.7 Å². The molecule has 0 aliphatic rings. The zero-order chi connectivity index (χ0) is 9.14. The van der Waals surface area contributed by atoms with Crippen LogP contribution in [0, 0.1) is 0 Å². The van der Waals surface area contributed by atoms with Crippen molar-refractivity contribution in [1.29, 1.82) is 0 Å². The topological polar surface area (TPSA) is 80.4 Å². The Kier molecular flexibility index (Phi) is 2.09. The molecule has 4 heteroatoms. The first-order valence-corrected chi connectivity index (χ1v) is 3.24. The lowest BCUT2D eigenvalue weighted by Gasteiger charge is -1.86. The molecule has 0 saturated carbocycles. The molecule has 0 atom stereocenters. The molecule has 4 nitrogen and oxygen atoms in total. The number of nitrogens with two attached hydrogens (primary N) is 1. The molecule has 0 aromatic heterocycles. The van der Waals surface area contributed by atoms with E-state index in [1.807, 2.05) is 0 Å². The van der Waals surface area contributed by atoms with Crippen molar-refractivity contribution in [2.75, 3.05) is 5.73 Å². The largest absolute Gasteiger partial charge is 0.478 e. The minimum Gasteiger partial charge on any atom is -0.478 e. The molecule has 1 rings (SSSR count). The van der Waals surface area contributed by atoms with Crippen molar-refractivity contribution in [3.8, 4) is 0 Å². The summed E-state index contributed by atoms with van der Waals surface area (Å²) < 4.78 is 0. The van der Waals surface area contributed by atoms with E-state index in [1.165, 1.54) is 18.2 Å². The highest BCUT2D eigenvalue weighted by molar-refractivity contribution is 5.88. The number of aromatic carboxylic acids is 1. The standard InChI is InChI=1S/C8H7NO3/c9-6-4-5(8(11)12)2-1-3-7(6)10/h1-4H,(H2,9,10)(H,11,12). The van der Waals surface area contributed by atoms with Gasteiger partial charge in [0.2, 0.25) is 5.43 Å². The van der Waals surface area contributed by atoms with Crippen LogP contribution in [0.4, 0.5) is 5.69 Å². The van der Waals surface area contributed by atoms with E-state index in [0.717, 1.165) is 6.07 Å². The van der Waals surface area contributed by atoms with Crippen molar-refractivity contribution < 1.29 is 9.90 Å². The number of hydrogen-bond acceptors (Lipinski definition) is 3. The minimum atomic E-state index is -1.10. The molecule has 0 heterocycles. The summed E-state index contributed by atoms with van der Waals surface area (Å²) in [5.41, 5.74) is 4.84. The number of rotatable bonds is 1. The van der Waals surface area contributed by atoms with Crippen LogP contribution >= 0.6 is 0 Å². The average Bonchev–Trinajstić information content (AvgIpc) is 2.15. The molecule has 3 N–H and O–H groups in total. The van der Waals surface area contributed by atoms with Crippen LogP contribution in [0.15, 0.2) is 29.1 Å². The SMILES string of the molecule is Nc1cc(C(=O)O)cccc1=O. The van der Waals surface area contributed by atoms with E-state index in [0.29, 0.717) is 0 Å². The van der Waals surface area contributed by atoms with Crippen molar-refractivity contribution in [2.45, 2.75) is 0 Å². The molecule has 1 aromatic carbocycles. The Balaban J connectivity index is 3.41. The summed E-state index contributed by atoms with van der Waals surface area (Å²) in [7, 11) is 0. The fourth-order valence-electron chi connectivity index (χ4n) is 0.755. The first kappa shape index (κ1) is 8.26. The van der Waals surface area contributed by atoms with Gasteiger partial charge in [0.25, 0.3) is 0 Å². The monoisotopic (exact) mass is 165 g/mol. The molecule has 62 valence electrons. The summed E-state index contributed by atoms with van der Waals surface area (Å²) in [5.74, 6) is -1.10. The normalized spacial score (nSPS) is 9.33. The molecule has 0 aliphatic carbocycles. The summed E-state index contributed by atoms with van der Waals surface area (Å²) in [6.45, 7) is 0. The first-order chi connectivity index (χ1) is 5.61. The van der Waals surface area contributed by atoms with Gasteiger partial charge in [-0.2, -0.15) is 0 Å². The van der Waals surface area contributed by atoms with E-state index >= 15 is 0 Å². The summed E-state index contributed by atoms with van der Waals surface area (Å²) in [4.78, 5) is 21.3. The molecule has 0 fully saturated rings. The fraction of sp³-hybridized carbons (Fsp3) is 0. The van der Waals surface area contributed by atoms with Gasteiger partial charge in [-0.05, 0) is 18.2 Å². The third-order valence-electron chi connectivity index (χ3n) is 1.37. The van der Waals surface area contributed by atoms with Crippen LogP contribution in [0.25, 0.3) is 0 Å². The molecule has 0 aliphatic heterocycles. The lowest BCUT2D eigenvalue weighted by molar-refractivity contribution is 0.0697. The molecule has 0 amide bonds. The molecule has 0 spiro atoms. The van der Waals surface area contributed by atoms with Crippen molar-refractivity contribution >= 4 is 11.7 Å². The van der Waals surface area contributed by atoms with E-state index in [9.17, 15) is 9.59 Å². The highest BCUT2D eigenvalue weighted by Gasteiger charge is 2.01. The lowest BCUT2D eigenvalue weighted by atomic mass is 10.3. The van der Waals surface area contributed by atoms with Crippen molar-refractivity contribution in [1.82, 2.24) is 0 Å². The Morgan fingerprint density at radius 3 is 2.67 bits per heavy atom. The Bertz CT molecular complexity index is 373. The lowest BCUT2D eigenvalue weighted by Crippen LogP contribution is -2.03. The minimum absolute atomic E-state index is 0.00889. The van der Waals surface area contributed by atoms with E-state index < -0.39 is 5.97 Å². The van der Waals surface area contributed by atoms with Gasteiger partial charge in [-0.3, -0.25) is 4.79 Å². The van der Waals surface area contributed by atoms with Crippen LogP contribution < -0.4 is 11.2 Å². The molecule has 0 bridgehead atoms. The Hall–Kier alpha value is -1.84. The van der Waals surface area contributed by atoms with Gasteiger partial charge in [0, 0.05) is 0 Å². The fourth-order valence-corrected chi connectivity index (χ4v) is 0.755. The summed E-state index contributed by atoms with van der Waals surface area (Å²) in [6, 6.07) is 5.05. The summed E-state index contributed by atoms with van der Waals surface area (Å²) >= 11 is 0. The molecule has 12 heavy (non-hydrogen) atoms. The average molecular weight is 165 g/mol. The van der Waals surface area contributed by atoms with E-state index in [4.69, 9.17) is 10.8 Å². The first-order valence-electron chi connectivity index (χ1n) is 3.24. The maximum absolute atomic E-state index is 10.9.